The van der Waals surface area contributed by atoms with E-state index in [1.54, 1.807) is 0 Å². The zero-order chi connectivity index (χ0) is 12.8. The molecule has 1 atom stereocenters. The summed E-state index contributed by atoms with van der Waals surface area (Å²) >= 11 is 5.93. The molecule has 0 aliphatic heterocycles. The van der Waals surface area contributed by atoms with Gasteiger partial charge in [0.1, 0.15) is 0 Å². The molecule has 94 valence electrons. The van der Waals surface area contributed by atoms with Crippen molar-refractivity contribution in [3.63, 3.8) is 0 Å². The van der Waals surface area contributed by atoms with E-state index >= 15 is 0 Å². The van der Waals surface area contributed by atoms with Gasteiger partial charge in [-0.25, -0.2) is 0 Å². The first-order chi connectivity index (χ1) is 8.79. The fraction of sp³-hybridized carbons (Fsp3) is 0.250. The van der Waals surface area contributed by atoms with Crippen molar-refractivity contribution in [3.8, 4) is 0 Å². The molecule has 2 aromatic rings. The van der Waals surface area contributed by atoms with Gasteiger partial charge in [0, 0.05) is 5.02 Å². The van der Waals surface area contributed by atoms with Crippen LogP contribution < -0.4 is 5.73 Å². The molecule has 0 amide bonds. The Kier molecular flexibility index (Phi) is 4.80. The molecular formula is C16H18ClN. The van der Waals surface area contributed by atoms with E-state index in [9.17, 15) is 0 Å². The average Bonchev–Trinajstić information content (AvgIpc) is 2.40. The van der Waals surface area contributed by atoms with Crippen LogP contribution in [-0.2, 0) is 6.42 Å². The Labute approximate surface area is 114 Å². The minimum atomic E-state index is 0.467. The molecule has 0 aliphatic carbocycles. The Hall–Kier alpha value is -1.31. The molecule has 0 spiro atoms. The highest BCUT2D eigenvalue weighted by atomic mass is 35.5. The van der Waals surface area contributed by atoms with Crippen molar-refractivity contribution in [2.75, 3.05) is 6.54 Å². The summed E-state index contributed by atoms with van der Waals surface area (Å²) in [6.07, 6.45) is 2.02. The zero-order valence-electron chi connectivity index (χ0n) is 10.4. The molecule has 2 N–H and O–H groups in total. The van der Waals surface area contributed by atoms with E-state index in [1.165, 1.54) is 11.1 Å². The van der Waals surface area contributed by atoms with Gasteiger partial charge >= 0.3 is 0 Å². The van der Waals surface area contributed by atoms with Crippen LogP contribution in [0.2, 0.25) is 5.02 Å². The SMILES string of the molecule is NCC[C@H](Cc1ccccc1)c1ccc(Cl)cc1. The van der Waals surface area contributed by atoms with E-state index in [-0.39, 0.29) is 0 Å². The van der Waals surface area contributed by atoms with Gasteiger partial charge in [-0.15, -0.1) is 0 Å². The molecule has 0 aliphatic rings. The highest BCUT2D eigenvalue weighted by Gasteiger charge is 2.11. The molecule has 0 fully saturated rings. The van der Waals surface area contributed by atoms with Crippen LogP contribution in [-0.4, -0.2) is 6.54 Å². The molecule has 2 rings (SSSR count). The molecule has 1 nitrogen and oxygen atoms in total. The molecule has 18 heavy (non-hydrogen) atoms. The van der Waals surface area contributed by atoms with Gasteiger partial charge < -0.3 is 5.73 Å². The van der Waals surface area contributed by atoms with Gasteiger partial charge in [-0.3, -0.25) is 0 Å². The summed E-state index contributed by atoms with van der Waals surface area (Å²) in [4.78, 5) is 0. The van der Waals surface area contributed by atoms with Gasteiger partial charge in [-0.2, -0.15) is 0 Å². The fourth-order valence-electron chi connectivity index (χ4n) is 2.22. The summed E-state index contributed by atoms with van der Waals surface area (Å²) in [6, 6.07) is 18.6. The van der Waals surface area contributed by atoms with E-state index < -0.39 is 0 Å². The normalized spacial score (nSPS) is 12.3. The van der Waals surface area contributed by atoms with Crippen LogP contribution in [0.3, 0.4) is 0 Å². The van der Waals surface area contributed by atoms with E-state index in [0.717, 1.165) is 17.9 Å². The van der Waals surface area contributed by atoms with Crippen LogP contribution >= 0.6 is 11.6 Å². The van der Waals surface area contributed by atoms with Crippen LogP contribution in [0.5, 0.6) is 0 Å². The van der Waals surface area contributed by atoms with Crippen molar-refractivity contribution in [3.05, 3.63) is 70.7 Å². The second kappa shape index (κ2) is 6.58. The van der Waals surface area contributed by atoms with Crippen molar-refractivity contribution >= 4 is 11.6 Å². The Morgan fingerprint density at radius 2 is 1.61 bits per heavy atom. The topological polar surface area (TPSA) is 26.0 Å². The lowest BCUT2D eigenvalue weighted by Crippen LogP contribution is -2.10. The quantitative estimate of drug-likeness (QED) is 0.863. The van der Waals surface area contributed by atoms with Gasteiger partial charge in [0.15, 0.2) is 0 Å². The highest BCUT2D eigenvalue weighted by Crippen LogP contribution is 2.25. The third-order valence-electron chi connectivity index (χ3n) is 3.18. The number of rotatable bonds is 5. The number of hydrogen-bond donors (Lipinski definition) is 1. The number of hydrogen-bond acceptors (Lipinski definition) is 1. The molecule has 0 saturated carbocycles. The molecule has 0 aromatic heterocycles. The predicted molar refractivity (Wildman–Crippen MR) is 78.0 cm³/mol. The third kappa shape index (κ3) is 3.59. The molecular weight excluding hydrogens is 242 g/mol. The molecule has 0 unspecified atom stereocenters. The lowest BCUT2D eigenvalue weighted by atomic mass is 9.89. The van der Waals surface area contributed by atoms with E-state index in [0.29, 0.717) is 12.5 Å². The molecule has 2 aromatic carbocycles. The number of benzene rings is 2. The van der Waals surface area contributed by atoms with Gasteiger partial charge in [-0.05, 0) is 48.6 Å². The first-order valence-corrected chi connectivity index (χ1v) is 6.67. The monoisotopic (exact) mass is 259 g/mol. The summed E-state index contributed by atoms with van der Waals surface area (Å²) in [6.45, 7) is 0.708. The molecule has 0 saturated heterocycles. The van der Waals surface area contributed by atoms with Crippen LogP contribution in [0.4, 0.5) is 0 Å². The van der Waals surface area contributed by atoms with Crippen molar-refractivity contribution in [2.24, 2.45) is 5.73 Å². The second-order valence-electron chi connectivity index (χ2n) is 4.52. The van der Waals surface area contributed by atoms with E-state index in [4.69, 9.17) is 17.3 Å². The Morgan fingerprint density at radius 1 is 0.944 bits per heavy atom. The first kappa shape index (κ1) is 13.1. The average molecular weight is 260 g/mol. The molecule has 0 heterocycles. The zero-order valence-corrected chi connectivity index (χ0v) is 11.1. The first-order valence-electron chi connectivity index (χ1n) is 6.29. The highest BCUT2D eigenvalue weighted by molar-refractivity contribution is 6.30. The van der Waals surface area contributed by atoms with Crippen molar-refractivity contribution in [1.82, 2.24) is 0 Å². The van der Waals surface area contributed by atoms with E-state index in [2.05, 4.69) is 36.4 Å². The standard InChI is InChI=1S/C16H18ClN/c17-16-8-6-14(7-9-16)15(10-11-18)12-13-4-2-1-3-5-13/h1-9,15H,10-12,18H2/t15-/m1/s1. The number of nitrogens with two attached hydrogens (primary N) is 1. The van der Waals surface area contributed by atoms with Crippen molar-refractivity contribution in [1.29, 1.82) is 0 Å². The lowest BCUT2D eigenvalue weighted by Gasteiger charge is -2.16. The maximum absolute atomic E-state index is 5.93. The van der Waals surface area contributed by atoms with Gasteiger partial charge in [0.05, 0.1) is 0 Å². The van der Waals surface area contributed by atoms with Crippen LogP contribution in [0.15, 0.2) is 54.6 Å². The van der Waals surface area contributed by atoms with Crippen molar-refractivity contribution in [2.45, 2.75) is 18.8 Å². The fourth-order valence-corrected chi connectivity index (χ4v) is 2.35. The van der Waals surface area contributed by atoms with Crippen LogP contribution in [0, 0.1) is 0 Å². The van der Waals surface area contributed by atoms with Crippen molar-refractivity contribution < 1.29 is 0 Å². The van der Waals surface area contributed by atoms with Gasteiger partial charge in [0.2, 0.25) is 0 Å². The molecule has 0 bridgehead atoms. The Morgan fingerprint density at radius 3 is 2.22 bits per heavy atom. The second-order valence-corrected chi connectivity index (χ2v) is 4.95. The maximum Gasteiger partial charge on any atom is 0.0406 e. The smallest absolute Gasteiger partial charge is 0.0406 e. The summed E-state index contributed by atoms with van der Waals surface area (Å²) in [5, 5.41) is 0.782. The summed E-state index contributed by atoms with van der Waals surface area (Å²) in [7, 11) is 0. The third-order valence-corrected chi connectivity index (χ3v) is 3.43. The van der Waals surface area contributed by atoms with Crippen LogP contribution in [0.25, 0.3) is 0 Å². The Balaban J connectivity index is 2.15. The summed E-state index contributed by atoms with van der Waals surface area (Å²) < 4.78 is 0. The van der Waals surface area contributed by atoms with E-state index in [1.807, 2.05) is 18.2 Å². The summed E-state index contributed by atoms with van der Waals surface area (Å²) in [5.74, 6) is 0.467. The molecule has 0 radical (unpaired) electrons. The Bertz CT molecular complexity index is 464. The minimum Gasteiger partial charge on any atom is -0.330 e. The number of halogens is 1. The minimum absolute atomic E-state index is 0.467. The lowest BCUT2D eigenvalue weighted by molar-refractivity contribution is 0.630. The summed E-state index contributed by atoms with van der Waals surface area (Å²) in [5.41, 5.74) is 8.39. The van der Waals surface area contributed by atoms with Crippen LogP contribution in [0.1, 0.15) is 23.5 Å². The maximum atomic E-state index is 5.93. The van der Waals surface area contributed by atoms with Gasteiger partial charge in [0.25, 0.3) is 0 Å². The largest absolute Gasteiger partial charge is 0.330 e. The predicted octanol–water partition coefficient (Wildman–Crippen LogP) is 4.02. The van der Waals surface area contributed by atoms with Gasteiger partial charge in [-0.1, -0.05) is 54.1 Å². The molecule has 2 heteroatoms.